The minimum absolute atomic E-state index is 0.0302. The molecule has 1 heterocycles. The van der Waals surface area contributed by atoms with E-state index in [0.29, 0.717) is 30.9 Å². The number of alkyl carbamates (subject to hydrolysis) is 1. The zero-order valence-corrected chi connectivity index (χ0v) is 25.1. The van der Waals surface area contributed by atoms with E-state index in [4.69, 9.17) is 4.74 Å². The summed E-state index contributed by atoms with van der Waals surface area (Å²) in [6.07, 6.45) is 35.6. The van der Waals surface area contributed by atoms with E-state index in [1.165, 1.54) is 11.3 Å². The van der Waals surface area contributed by atoms with Crippen LogP contribution in [0.25, 0.3) is 0 Å². The first-order chi connectivity index (χ1) is 19.6. The van der Waals surface area contributed by atoms with Gasteiger partial charge in [0.15, 0.2) is 5.13 Å². The Bertz CT molecular complexity index is 1050. The van der Waals surface area contributed by atoms with Crippen LogP contribution in [0.3, 0.4) is 0 Å². The van der Waals surface area contributed by atoms with Crippen LogP contribution in [0.4, 0.5) is 9.93 Å². The molecule has 218 valence electrons. The lowest BCUT2D eigenvalue weighted by atomic mass is 10.0. The van der Waals surface area contributed by atoms with Gasteiger partial charge in [0.05, 0.1) is 5.69 Å². The number of ether oxygens (including phenoxy) is 1. The molecule has 0 bridgehead atoms. The van der Waals surface area contributed by atoms with Gasteiger partial charge in [-0.3, -0.25) is 4.79 Å². The summed E-state index contributed by atoms with van der Waals surface area (Å²) in [5.74, 6) is -0.0302. The Morgan fingerprint density at radius 2 is 1.45 bits per heavy atom. The van der Waals surface area contributed by atoms with Crippen molar-refractivity contribution >= 4 is 28.5 Å². The third kappa shape index (κ3) is 15.4. The van der Waals surface area contributed by atoms with Crippen molar-refractivity contribution < 1.29 is 14.3 Å². The first-order valence-electron chi connectivity index (χ1n) is 14.7. The fourth-order valence-corrected chi connectivity index (χ4v) is 5.04. The molecule has 0 saturated carbocycles. The average molecular weight is 566 g/mol. The molecule has 0 aliphatic heterocycles. The Morgan fingerprint density at radius 1 is 0.875 bits per heavy atom. The Kier molecular flexibility index (Phi) is 17.8. The predicted molar refractivity (Wildman–Crippen MR) is 169 cm³/mol. The van der Waals surface area contributed by atoms with Crippen LogP contribution in [0.5, 0.6) is 0 Å². The number of nitrogens with one attached hydrogen (secondary N) is 2. The number of fused-ring (bicyclic) bond motifs is 1. The van der Waals surface area contributed by atoms with E-state index in [2.05, 4.69) is 95.5 Å². The van der Waals surface area contributed by atoms with Gasteiger partial charge in [-0.25, -0.2) is 9.78 Å². The van der Waals surface area contributed by atoms with Crippen LogP contribution in [-0.4, -0.2) is 29.6 Å². The third-order valence-corrected chi connectivity index (χ3v) is 7.10. The van der Waals surface area contributed by atoms with Crippen LogP contribution in [0, 0.1) is 0 Å². The van der Waals surface area contributed by atoms with Crippen LogP contribution < -0.4 is 10.6 Å². The molecule has 1 aromatic heterocycles. The fourth-order valence-electron chi connectivity index (χ4n) is 3.95. The van der Waals surface area contributed by atoms with Crippen LogP contribution >= 0.6 is 11.3 Å². The highest BCUT2D eigenvalue weighted by Gasteiger charge is 2.25. The number of carbonyl (C=O) groups excluding carboxylic acids is 2. The maximum atomic E-state index is 12.3. The zero-order chi connectivity index (χ0) is 28.7. The number of amides is 2. The number of hydrogen-bond acceptors (Lipinski definition) is 5. The number of thiazole rings is 1. The van der Waals surface area contributed by atoms with Crippen molar-refractivity contribution in [2.75, 3.05) is 11.9 Å². The van der Waals surface area contributed by atoms with E-state index in [-0.39, 0.29) is 18.1 Å². The smallest absolute Gasteiger partial charge is 0.407 e. The highest BCUT2D eigenvalue weighted by Crippen LogP contribution is 2.31. The van der Waals surface area contributed by atoms with Gasteiger partial charge in [0.2, 0.25) is 5.91 Å². The van der Waals surface area contributed by atoms with Gasteiger partial charge in [0.1, 0.15) is 6.10 Å². The van der Waals surface area contributed by atoms with E-state index in [1.807, 2.05) is 6.92 Å². The number of carbonyl (C=O) groups is 2. The van der Waals surface area contributed by atoms with Crippen molar-refractivity contribution in [3.63, 3.8) is 0 Å². The number of hydrogen-bond donors (Lipinski definition) is 2. The quantitative estimate of drug-likeness (QED) is 0.175. The molecule has 7 heteroatoms. The molecule has 40 heavy (non-hydrogen) atoms. The lowest BCUT2D eigenvalue weighted by molar-refractivity contribution is -0.116. The van der Waals surface area contributed by atoms with E-state index < -0.39 is 0 Å². The molecule has 1 aliphatic carbocycles. The van der Waals surface area contributed by atoms with Crippen molar-refractivity contribution in [1.29, 1.82) is 0 Å². The fraction of sp³-hybridized carbons (Fsp3) is 0.485. The Balaban J connectivity index is 1.53. The highest BCUT2D eigenvalue weighted by atomic mass is 32.1. The van der Waals surface area contributed by atoms with Gasteiger partial charge in [-0.1, -0.05) is 86.8 Å². The summed E-state index contributed by atoms with van der Waals surface area (Å²) in [6, 6.07) is 0. The van der Waals surface area contributed by atoms with Crippen LogP contribution in [0.15, 0.2) is 72.9 Å². The van der Waals surface area contributed by atoms with Gasteiger partial charge >= 0.3 is 6.09 Å². The van der Waals surface area contributed by atoms with E-state index >= 15 is 0 Å². The molecule has 2 amide bonds. The number of anilines is 1. The van der Waals surface area contributed by atoms with Crippen molar-refractivity contribution in [2.45, 2.75) is 97.0 Å². The van der Waals surface area contributed by atoms with Gasteiger partial charge in [0, 0.05) is 24.3 Å². The molecule has 1 aliphatic rings. The molecule has 0 radical (unpaired) electrons. The monoisotopic (exact) mass is 565 g/mol. The minimum atomic E-state index is -0.359. The van der Waals surface area contributed by atoms with Crippen LogP contribution in [0.1, 0.15) is 88.6 Å². The number of aryl methyl sites for hydroxylation is 1. The Hall–Kier alpha value is -3.19. The average Bonchev–Trinajstić information content (AvgIpc) is 3.34. The maximum absolute atomic E-state index is 12.3. The third-order valence-electron chi connectivity index (χ3n) is 6.07. The summed E-state index contributed by atoms with van der Waals surface area (Å²) >= 11 is 1.48. The molecule has 0 spiro atoms. The molecule has 2 N–H and O–H groups in total. The molecule has 0 saturated heterocycles. The van der Waals surface area contributed by atoms with Crippen LogP contribution in [0.2, 0.25) is 0 Å². The second kappa shape index (κ2) is 21.6. The van der Waals surface area contributed by atoms with Crippen molar-refractivity contribution in [2.24, 2.45) is 0 Å². The molecule has 1 atom stereocenters. The summed E-state index contributed by atoms with van der Waals surface area (Å²) in [5, 5.41) is 6.30. The molecule has 0 fully saturated rings. The topological polar surface area (TPSA) is 80.3 Å². The number of rotatable bonds is 18. The first-order valence-corrected chi connectivity index (χ1v) is 15.6. The minimum Gasteiger partial charge on any atom is -0.446 e. The van der Waals surface area contributed by atoms with Crippen molar-refractivity contribution in [3.05, 3.63) is 83.5 Å². The summed E-state index contributed by atoms with van der Waals surface area (Å²) in [7, 11) is 0. The first kappa shape index (κ1) is 33.0. The van der Waals surface area contributed by atoms with Gasteiger partial charge in [-0.15, -0.1) is 11.3 Å². The van der Waals surface area contributed by atoms with Crippen molar-refractivity contribution in [3.8, 4) is 0 Å². The molecule has 0 aromatic carbocycles. The van der Waals surface area contributed by atoms with E-state index in [1.54, 1.807) is 0 Å². The molecule has 1 aromatic rings. The maximum Gasteiger partial charge on any atom is 0.407 e. The lowest BCUT2D eigenvalue weighted by Crippen LogP contribution is -2.32. The van der Waals surface area contributed by atoms with Gasteiger partial charge < -0.3 is 15.4 Å². The SMILES string of the molecule is CC/C=C\C/C=C\C/C=C\C/C=C\C/C=C\C/C=C\CCC(=O)Nc1nc2c(s1)C[C@H](OC(=O)NCCC)CC2. The van der Waals surface area contributed by atoms with E-state index in [9.17, 15) is 9.59 Å². The second-order valence-corrected chi connectivity index (χ2v) is 10.7. The molecular weight excluding hydrogens is 518 g/mol. The number of aromatic nitrogens is 1. The lowest BCUT2D eigenvalue weighted by Gasteiger charge is -2.21. The molecular formula is C33H47N3O3S. The molecule has 0 unspecified atom stereocenters. The van der Waals surface area contributed by atoms with Crippen LogP contribution in [-0.2, 0) is 22.4 Å². The Labute approximate surface area is 245 Å². The largest absolute Gasteiger partial charge is 0.446 e. The van der Waals surface area contributed by atoms with Crippen molar-refractivity contribution in [1.82, 2.24) is 10.3 Å². The summed E-state index contributed by atoms with van der Waals surface area (Å²) in [5.41, 5.74) is 1.01. The van der Waals surface area contributed by atoms with E-state index in [0.717, 1.165) is 68.4 Å². The molecule has 2 rings (SSSR count). The predicted octanol–water partition coefficient (Wildman–Crippen LogP) is 8.55. The van der Waals surface area contributed by atoms with Gasteiger partial charge in [0.25, 0.3) is 0 Å². The second-order valence-electron chi connectivity index (χ2n) is 9.59. The summed E-state index contributed by atoms with van der Waals surface area (Å²) < 4.78 is 5.51. The van der Waals surface area contributed by atoms with Gasteiger partial charge in [-0.05, 0) is 64.2 Å². The number of allylic oxidation sites excluding steroid dienone is 12. The standard InChI is InChI=1S/C33H47N3O3S/c1-3-5-6-7-8-9-10-11-12-13-14-15-16-17-18-19-20-21-22-23-31(37)36-32-35-29-25-24-28(27-30(29)40-32)39-33(38)34-26-4-2/h5-6,8-9,11-12,14-15,17-18,20-21,28H,3-4,7,10,13,16,19,22-27H2,1-2H3,(H,34,38)(H,35,36,37)/b6-5-,9-8-,12-11-,15-14-,18-17-,21-20-/t28-/m1/s1. The highest BCUT2D eigenvalue weighted by molar-refractivity contribution is 7.15. The summed E-state index contributed by atoms with van der Waals surface area (Å²) in [6.45, 7) is 4.77. The normalized spacial score (nSPS) is 15.8. The Morgan fingerprint density at radius 3 is 2.02 bits per heavy atom. The zero-order valence-electron chi connectivity index (χ0n) is 24.3. The number of nitrogens with zero attached hydrogens (tertiary/aromatic N) is 1. The van der Waals surface area contributed by atoms with Gasteiger partial charge in [-0.2, -0.15) is 0 Å². The summed E-state index contributed by atoms with van der Waals surface area (Å²) in [4.78, 5) is 29.8. The molecule has 6 nitrogen and oxygen atoms in total.